The van der Waals surface area contributed by atoms with Gasteiger partial charge in [0.25, 0.3) is 0 Å². The van der Waals surface area contributed by atoms with Gasteiger partial charge in [0.05, 0.1) is 0 Å². The molecule has 0 aromatic heterocycles. The van der Waals surface area contributed by atoms with Crippen LogP contribution in [0.25, 0.3) is 86.9 Å². The number of fused-ring (bicyclic) bond motifs is 4. The summed E-state index contributed by atoms with van der Waals surface area (Å²) in [6, 6.07) is 47.8. The van der Waals surface area contributed by atoms with E-state index in [0.717, 1.165) is 42.4 Å². The number of rotatable bonds is 2. The molecule has 42 heavy (non-hydrogen) atoms. The standard InChI is InChI=1S/C40H22Cl2/c41-35-19-17-31-29(27-11-9-23-5-1-3-7-25(23)21-27)13-15-33-37(31)39(35)34-16-14-30(32-18-20-36(42)40(33)38(32)34)28-12-10-24-6-2-4-8-26(24)22-28/h1-22H. The highest BCUT2D eigenvalue weighted by atomic mass is 35.5. The lowest BCUT2D eigenvalue weighted by Gasteiger charge is -2.20. The van der Waals surface area contributed by atoms with Crippen molar-refractivity contribution in [3.63, 3.8) is 0 Å². The summed E-state index contributed by atoms with van der Waals surface area (Å²) < 4.78 is 0. The lowest BCUT2D eigenvalue weighted by Crippen LogP contribution is -1.92. The molecule has 0 fully saturated rings. The van der Waals surface area contributed by atoms with E-state index in [1.54, 1.807) is 0 Å². The van der Waals surface area contributed by atoms with Gasteiger partial charge in [-0.1, -0.05) is 132 Å². The van der Waals surface area contributed by atoms with E-state index < -0.39 is 0 Å². The fraction of sp³-hybridized carbons (Fsp3) is 0. The lowest BCUT2D eigenvalue weighted by molar-refractivity contribution is 1.69. The number of hydrogen-bond donors (Lipinski definition) is 0. The zero-order valence-electron chi connectivity index (χ0n) is 22.5. The molecule has 2 heteroatoms. The maximum absolute atomic E-state index is 7.07. The van der Waals surface area contributed by atoms with Crippen LogP contribution in [0.3, 0.4) is 0 Å². The Balaban J connectivity index is 1.39. The Morgan fingerprint density at radius 3 is 1.17 bits per heavy atom. The summed E-state index contributed by atoms with van der Waals surface area (Å²) in [6.45, 7) is 0. The Bertz CT molecular complexity index is 2360. The second-order valence-corrected chi connectivity index (χ2v) is 11.9. The van der Waals surface area contributed by atoms with Gasteiger partial charge in [-0.15, -0.1) is 0 Å². The monoisotopic (exact) mass is 572 g/mol. The van der Waals surface area contributed by atoms with Crippen LogP contribution in [-0.2, 0) is 0 Å². The maximum Gasteiger partial charge on any atom is 0.0491 e. The van der Waals surface area contributed by atoms with E-state index in [0.29, 0.717) is 0 Å². The van der Waals surface area contributed by atoms with E-state index in [1.807, 2.05) is 12.1 Å². The fourth-order valence-corrected chi connectivity index (χ4v) is 7.52. The molecule has 0 amide bonds. The molecule has 9 rings (SSSR count). The van der Waals surface area contributed by atoms with Gasteiger partial charge in [-0.25, -0.2) is 0 Å². The van der Waals surface area contributed by atoms with E-state index in [2.05, 4.69) is 121 Å². The van der Waals surface area contributed by atoms with Gasteiger partial charge in [0.2, 0.25) is 0 Å². The Morgan fingerprint density at radius 1 is 0.310 bits per heavy atom. The van der Waals surface area contributed by atoms with Gasteiger partial charge in [0.1, 0.15) is 0 Å². The smallest absolute Gasteiger partial charge is 0.0491 e. The van der Waals surface area contributed by atoms with Gasteiger partial charge in [0.15, 0.2) is 0 Å². The molecule has 0 unspecified atom stereocenters. The molecule has 9 aromatic rings. The van der Waals surface area contributed by atoms with Crippen LogP contribution in [0, 0.1) is 0 Å². The molecule has 0 radical (unpaired) electrons. The number of halogens is 2. The molecule has 0 nitrogen and oxygen atoms in total. The van der Waals surface area contributed by atoms with Gasteiger partial charge >= 0.3 is 0 Å². The van der Waals surface area contributed by atoms with Crippen molar-refractivity contribution in [1.29, 1.82) is 0 Å². The van der Waals surface area contributed by atoms with Crippen LogP contribution >= 0.6 is 23.2 Å². The van der Waals surface area contributed by atoms with Crippen molar-refractivity contribution >= 4 is 87.8 Å². The minimum absolute atomic E-state index is 0.754. The Hall–Kier alpha value is -4.62. The van der Waals surface area contributed by atoms with Crippen molar-refractivity contribution in [2.75, 3.05) is 0 Å². The third kappa shape index (κ3) is 3.37. The molecule has 0 aliphatic carbocycles. The SMILES string of the molecule is Clc1ccc2c(-c3ccc4ccccc4c3)ccc3c4c(Cl)ccc5c(-c6ccc7ccccc7c6)ccc(c1c23)c54. The molecular weight excluding hydrogens is 551 g/mol. The highest BCUT2D eigenvalue weighted by Crippen LogP contribution is 2.49. The topological polar surface area (TPSA) is 0 Å². The van der Waals surface area contributed by atoms with Crippen molar-refractivity contribution in [2.24, 2.45) is 0 Å². The van der Waals surface area contributed by atoms with E-state index in [9.17, 15) is 0 Å². The van der Waals surface area contributed by atoms with Gasteiger partial charge in [0, 0.05) is 20.8 Å². The predicted molar refractivity (Wildman–Crippen MR) is 184 cm³/mol. The Labute approximate surface area is 252 Å². The highest BCUT2D eigenvalue weighted by molar-refractivity contribution is 6.48. The second-order valence-electron chi connectivity index (χ2n) is 11.1. The third-order valence-corrected chi connectivity index (χ3v) is 9.55. The summed E-state index contributed by atoms with van der Waals surface area (Å²) in [6.07, 6.45) is 0. The average Bonchev–Trinajstić information content (AvgIpc) is 3.04. The van der Waals surface area contributed by atoms with Crippen molar-refractivity contribution in [3.8, 4) is 22.3 Å². The van der Waals surface area contributed by atoms with Crippen molar-refractivity contribution < 1.29 is 0 Å². The summed E-state index contributed by atoms with van der Waals surface area (Å²) >= 11 is 14.1. The van der Waals surface area contributed by atoms with Gasteiger partial charge < -0.3 is 0 Å². The summed E-state index contributed by atoms with van der Waals surface area (Å²) in [7, 11) is 0. The lowest BCUT2D eigenvalue weighted by atomic mass is 9.85. The van der Waals surface area contributed by atoms with Crippen LogP contribution in [0.5, 0.6) is 0 Å². The first kappa shape index (κ1) is 24.0. The van der Waals surface area contributed by atoms with Crippen LogP contribution < -0.4 is 0 Å². The molecule has 0 saturated carbocycles. The summed E-state index contributed by atoms with van der Waals surface area (Å²) in [5.74, 6) is 0. The average molecular weight is 574 g/mol. The van der Waals surface area contributed by atoms with Crippen molar-refractivity contribution in [2.45, 2.75) is 0 Å². The highest BCUT2D eigenvalue weighted by Gasteiger charge is 2.20. The second kappa shape index (κ2) is 8.94. The van der Waals surface area contributed by atoms with Crippen LogP contribution in [0.15, 0.2) is 133 Å². The normalized spacial score (nSPS) is 12.0. The van der Waals surface area contributed by atoms with Gasteiger partial charge in [-0.3, -0.25) is 0 Å². The molecule has 0 N–H and O–H groups in total. The van der Waals surface area contributed by atoms with Crippen molar-refractivity contribution in [3.05, 3.63) is 144 Å². The van der Waals surface area contributed by atoms with E-state index in [1.165, 1.54) is 54.6 Å². The molecular formula is C40H22Cl2. The summed E-state index contributed by atoms with van der Waals surface area (Å²) in [5.41, 5.74) is 4.76. The van der Waals surface area contributed by atoms with Gasteiger partial charge in [-0.2, -0.15) is 0 Å². The first-order valence-electron chi connectivity index (χ1n) is 14.2. The first-order chi connectivity index (χ1) is 20.7. The van der Waals surface area contributed by atoms with E-state index in [-0.39, 0.29) is 0 Å². The molecule has 0 aliphatic heterocycles. The zero-order valence-corrected chi connectivity index (χ0v) is 24.0. The molecule has 0 saturated heterocycles. The van der Waals surface area contributed by atoms with Crippen LogP contribution in [-0.4, -0.2) is 0 Å². The molecule has 0 spiro atoms. The largest absolute Gasteiger partial charge is 0.0836 e. The molecule has 0 aliphatic rings. The fourth-order valence-electron chi connectivity index (χ4n) is 7.00. The van der Waals surface area contributed by atoms with E-state index in [4.69, 9.17) is 23.2 Å². The minimum Gasteiger partial charge on any atom is -0.0836 e. The number of benzene rings is 9. The quantitative estimate of drug-likeness (QED) is 0.143. The maximum atomic E-state index is 7.07. The van der Waals surface area contributed by atoms with E-state index >= 15 is 0 Å². The zero-order chi connectivity index (χ0) is 27.9. The molecule has 196 valence electrons. The third-order valence-electron chi connectivity index (χ3n) is 8.92. The van der Waals surface area contributed by atoms with Crippen LogP contribution in [0.1, 0.15) is 0 Å². The minimum atomic E-state index is 0.754. The Morgan fingerprint density at radius 2 is 0.714 bits per heavy atom. The molecule has 0 atom stereocenters. The van der Waals surface area contributed by atoms with Crippen molar-refractivity contribution in [1.82, 2.24) is 0 Å². The number of hydrogen-bond acceptors (Lipinski definition) is 0. The molecule has 0 bridgehead atoms. The summed E-state index contributed by atoms with van der Waals surface area (Å²) in [4.78, 5) is 0. The summed E-state index contributed by atoms with van der Waals surface area (Å²) in [5, 5.41) is 15.5. The van der Waals surface area contributed by atoms with Crippen LogP contribution in [0.4, 0.5) is 0 Å². The van der Waals surface area contributed by atoms with Gasteiger partial charge in [-0.05, 0) is 100 Å². The molecule has 9 aromatic carbocycles. The molecule has 0 heterocycles. The predicted octanol–water partition coefficient (Wildman–Crippen LogP) is 12.7. The van der Waals surface area contributed by atoms with Crippen LogP contribution in [0.2, 0.25) is 10.0 Å². The first-order valence-corrected chi connectivity index (χ1v) is 14.9. The Kier molecular flexibility index (Phi) is 5.11.